The summed E-state index contributed by atoms with van der Waals surface area (Å²) in [6, 6.07) is 8.40. The Balaban J connectivity index is 1.94. The Morgan fingerprint density at radius 1 is 1.23 bits per heavy atom. The van der Waals surface area contributed by atoms with Gasteiger partial charge in [-0.25, -0.2) is 4.79 Å². The molecule has 1 fully saturated rings. The Labute approximate surface area is 150 Å². The number of fused-ring (bicyclic) bond motifs is 1. The molecule has 3 rings (SSSR count). The lowest BCUT2D eigenvalue weighted by molar-refractivity contribution is -0.161. The first-order valence-corrected chi connectivity index (χ1v) is 8.41. The number of hydrogen-bond donors (Lipinski definition) is 0. The van der Waals surface area contributed by atoms with Crippen molar-refractivity contribution in [1.82, 2.24) is 0 Å². The summed E-state index contributed by atoms with van der Waals surface area (Å²) in [5, 5.41) is 0. The maximum absolute atomic E-state index is 12.6. The maximum Gasteiger partial charge on any atom is 0.338 e. The van der Waals surface area contributed by atoms with Gasteiger partial charge in [0.2, 0.25) is 0 Å². The average Bonchev–Trinajstić information content (AvgIpc) is 3.02. The molecule has 2 aliphatic rings. The molecule has 0 saturated carbocycles. The monoisotopic (exact) mass is 360 g/mol. The molecular formula is C19H20O7. The number of carbonyl (C=O) groups is 3. The summed E-state index contributed by atoms with van der Waals surface area (Å²) in [4.78, 5) is 37.3. The lowest BCUT2D eigenvalue weighted by Gasteiger charge is -2.34. The highest BCUT2D eigenvalue weighted by Gasteiger charge is 2.54. The van der Waals surface area contributed by atoms with Crippen molar-refractivity contribution in [2.24, 2.45) is 17.8 Å². The fourth-order valence-electron chi connectivity index (χ4n) is 3.37. The smallest absolute Gasteiger partial charge is 0.338 e. The minimum absolute atomic E-state index is 0.146. The van der Waals surface area contributed by atoms with Gasteiger partial charge in [-0.05, 0) is 25.1 Å². The Bertz CT molecular complexity index is 725. The summed E-state index contributed by atoms with van der Waals surface area (Å²) in [6.45, 7) is 1.97. The Morgan fingerprint density at radius 2 is 1.96 bits per heavy atom. The Morgan fingerprint density at radius 3 is 2.62 bits per heavy atom. The number of cyclic esters (lactones) is 1. The highest BCUT2D eigenvalue weighted by molar-refractivity contribution is 5.90. The molecule has 138 valence electrons. The summed E-state index contributed by atoms with van der Waals surface area (Å²) in [7, 11) is 1.43. The summed E-state index contributed by atoms with van der Waals surface area (Å²) in [5.74, 6) is -3.51. The van der Waals surface area contributed by atoms with Gasteiger partial charge in [0.1, 0.15) is 11.7 Å². The molecule has 0 radical (unpaired) electrons. The maximum atomic E-state index is 12.6. The van der Waals surface area contributed by atoms with Gasteiger partial charge < -0.3 is 18.9 Å². The van der Waals surface area contributed by atoms with E-state index in [2.05, 4.69) is 0 Å². The normalized spacial score (nSPS) is 27.0. The number of rotatable bonds is 5. The highest BCUT2D eigenvalue weighted by atomic mass is 16.6. The van der Waals surface area contributed by atoms with Gasteiger partial charge in [0.05, 0.1) is 31.8 Å². The van der Waals surface area contributed by atoms with Crippen molar-refractivity contribution in [1.29, 1.82) is 0 Å². The van der Waals surface area contributed by atoms with Crippen molar-refractivity contribution in [3.63, 3.8) is 0 Å². The van der Waals surface area contributed by atoms with Crippen LogP contribution >= 0.6 is 0 Å². The van der Waals surface area contributed by atoms with E-state index in [-0.39, 0.29) is 19.1 Å². The van der Waals surface area contributed by atoms with E-state index in [0.29, 0.717) is 11.3 Å². The summed E-state index contributed by atoms with van der Waals surface area (Å²) in [5.41, 5.74) is 0.335. The Hall–Kier alpha value is -2.83. The van der Waals surface area contributed by atoms with E-state index in [9.17, 15) is 14.4 Å². The molecule has 1 heterocycles. The van der Waals surface area contributed by atoms with E-state index in [1.54, 1.807) is 43.3 Å². The summed E-state index contributed by atoms with van der Waals surface area (Å²) in [6.07, 6.45) is 0.632. The zero-order chi connectivity index (χ0) is 18.7. The molecular weight excluding hydrogens is 340 g/mol. The van der Waals surface area contributed by atoms with Gasteiger partial charge in [-0.15, -0.1) is 0 Å². The molecule has 0 spiro atoms. The van der Waals surface area contributed by atoms with Crippen molar-refractivity contribution in [3.05, 3.63) is 47.7 Å². The van der Waals surface area contributed by atoms with Crippen LogP contribution in [-0.4, -0.2) is 44.3 Å². The minimum atomic E-state index is -1.06. The van der Waals surface area contributed by atoms with Crippen molar-refractivity contribution in [2.45, 2.75) is 13.0 Å². The van der Waals surface area contributed by atoms with E-state index < -0.39 is 35.8 Å². The lowest BCUT2D eigenvalue weighted by atomic mass is 9.75. The third kappa shape index (κ3) is 3.29. The van der Waals surface area contributed by atoms with Crippen LogP contribution in [0.3, 0.4) is 0 Å². The van der Waals surface area contributed by atoms with Gasteiger partial charge in [0, 0.05) is 5.92 Å². The van der Waals surface area contributed by atoms with Crippen LogP contribution < -0.4 is 0 Å². The second-order valence-corrected chi connectivity index (χ2v) is 6.06. The van der Waals surface area contributed by atoms with Crippen molar-refractivity contribution in [2.75, 3.05) is 20.3 Å². The van der Waals surface area contributed by atoms with Crippen LogP contribution in [0.4, 0.5) is 0 Å². The predicted molar refractivity (Wildman–Crippen MR) is 88.8 cm³/mol. The molecule has 1 aliphatic heterocycles. The predicted octanol–water partition coefficient (Wildman–Crippen LogP) is 1.72. The SMILES string of the molecule is CCOC(=O)[C@@H]1[C@@H]2C(=O)OC[C@@H]2C=C(OC)[C@H]1OC(=O)c1ccccc1. The lowest BCUT2D eigenvalue weighted by Crippen LogP contribution is -2.46. The topological polar surface area (TPSA) is 88.1 Å². The molecule has 7 nitrogen and oxygen atoms in total. The van der Waals surface area contributed by atoms with Gasteiger partial charge in [0.25, 0.3) is 0 Å². The van der Waals surface area contributed by atoms with Gasteiger partial charge in [-0.3, -0.25) is 9.59 Å². The first-order chi connectivity index (χ1) is 12.6. The standard InChI is InChI=1S/C19H20O7/c1-3-24-19(22)15-14-12(10-25-18(14)21)9-13(23-2)16(15)26-17(20)11-7-5-4-6-8-11/h4-9,12,14-16H,3,10H2,1-2H3/t12-,14+,15+,16+/m0/s1. The van der Waals surface area contributed by atoms with Gasteiger partial charge in [0.15, 0.2) is 6.10 Å². The summed E-state index contributed by atoms with van der Waals surface area (Å²) >= 11 is 0. The van der Waals surface area contributed by atoms with Crippen LogP contribution in [0, 0.1) is 17.8 Å². The van der Waals surface area contributed by atoms with Crippen LogP contribution in [0.5, 0.6) is 0 Å². The molecule has 1 aliphatic carbocycles. The van der Waals surface area contributed by atoms with Gasteiger partial charge >= 0.3 is 17.9 Å². The van der Waals surface area contributed by atoms with Crippen LogP contribution in [0.2, 0.25) is 0 Å². The number of methoxy groups -OCH3 is 1. The van der Waals surface area contributed by atoms with E-state index in [1.165, 1.54) is 7.11 Å². The second-order valence-electron chi connectivity index (χ2n) is 6.06. The van der Waals surface area contributed by atoms with Gasteiger partial charge in [-0.1, -0.05) is 18.2 Å². The first kappa shape index (κ1) is 18.0. The molecule has 0 amide bonds. The fourth-order valence-corrected chi connectivity index (χ4v) is 3.37. The zero-order valence-corrected chi connectivity index (χ0v) is 14.5. The van der Waals surface area contributed by atoms with E-state index in [4.69, 9.17) is 18.9 Å². The van der Waals surface area contributed by atoms with E-state index >= 15 is 0 Å². The third-order valence-electron chi connectivity index (χ3n) is 4.56. The van der Waals surface area contributed by atoms with Crippen LogP contribution in [0.1, 0.15) is 17.3 Å². The molecule has 0 N–H and O–H groups in total. The molecule has 7 heteroatoms. The molecule has 0 unspecified atom stereocenters. The minimum Gasteiger partial charge on any atom is -0.497 e. The Kier molecular flexibility index (Phi) is 5.25. The number of benzene rings is 1. The first-order valence-electron chi connectivity index (χ1n) is 8.41. The van der Waals surface area contributed by atoms with Crippen LogP contribution in [0.15, 0.2) is 42.2 Å². The number of hydrogen-bond acceptors (Lipinski definition) is 7. The molecule has 0 aromatic heterocycles. The highest BCUT2D eigenvalue weighted by Crippen LogP contribution is 2.41. The molecule has 1 saturated heterocycles. The quantitative estimate of drug-likeness (QED) is 0.583. The van der Waals surface area contributed by atoms with E-state index in [0.717, 1.165) is 0 Å². The number of ether oxygens (including phenoxy) is 4. The third-order valence-corrected chi connectivity index (χ3v) is 4.56. The molecule has 1 aromatic rings. The fraction of sp³-hybridized carbons (Fsp3) is 0.421. The second kappa shape index (κ2) is 7.59. The van der Waals surface area contributed by atoms with Gasteiger partial charge in [-0.2, -0.15) is 0 Å². The summed E-state index contributed by atoms with van der Waals surface area (Å²) < 4.78 is 21.2. The number of esters is 3. The van der Waals surface area contributed by atoms with Crippen LogP contribution in [0.25, 0.3) is 0 Å². The van der Waals surface area contributed by atoms with Crippen molar-refractivity contribution < 1.29 is 33.3 Å². The molecule has 0 bridgehead atoms. The van der Waals surface area contributed by atoms with E-state index in [1.807, 2.05) is 0 Å². The van der Waals surface area contributed by atoms with Crippen molar-refractivity contribution >= 4 is 17.9 Å². The largest absolute Gasteiger partial charge is 0.497 e. The number of carbonyl (C=O) groups excluding carboxylic acids is 3. The molecule has 1 aromatic carbocycles. The van der Waals surface area contributed by atoms with Crippen LogP contribution in [-0.2, 0) is 28.5 Å². The van der Waals surface area contributed by atoms with Crippen molar-refractivity contribution in [3.8, 4) is 0 Å². The zero-order valence-electron chi connectivity index (χ0n) is 14.5. The molecule has 26 heavy (non-hydrogen) atoms. The average molecular weight is 360 g/mol. The molecule has 4 atom stereocenters.